The number of nitrogens with one attached hydrogen (secondary N) is 1. The van der Waals surface area contributed by atoms with Gasteiger partial charge in [-0.15, -0.1) is 0 Å². The second-order valence-corrected chi connectivity index (χ2v) is 9.25. The van der Waals surface area contributed by atoms with Crippen LogP contribution in [0.15, 0.2) is 42.9 Å². The number of carbonyl (C=O) groups excluding carboxylic acids is 2. The summed E-state index contributed by atoms with van der Waals surface area (Å²) in [4.78, 5) is 31.1. The highest BCUT2D eigenvalue weighted by Crippen LogP contribution is 2.36. The summed E-state index contributed by atoms with van der Waals surface area (Å²) in [6, 6.07) is 7.70. The molecular weight excluding hydrogens is 446 g/mol. The summed E-state index contributed by atoms with van der Waals surface area (Å²) in [6.07, 6.45) is 8.01. The molecule has 3 atom stereocenters. The first-order valence-corrected chi connectivity index (χ1v) is 11.8. The minimum Gasteiger partial charge on any atom is -0.496 e. The van der Waals surface area contributed by atoms with Crippen molar-refractivity contribution in [2.75, 3.05) is 19.5 Å². The van der Waals surface area contributed by atoms with Crippen molar-refractivity contribution < 1.29 is 14.3 Å². The minimum atomic E-state index is -0.315. The molecule has 4 aromatic rings. The average Bonchev–Trinajstić information content (AvgIpc) is 3.46. The van der Waals surface area contributed by atoms with Crippen LogP contribution in [-0.4, -0.2) is 61.3 Å². The van der Waals surface area contributed by atoms with Crippen LogP contribution in [0.25, 0.3) is 16.6 Å². The van der Waals surface area contributed by atoms with Gasteiger partial charge in [0.1, 0.15) is 5.75 Å². The van der Waals surface area contributed by atoms with Gasteiger partial charge in [0.15, 0.2) is 11.5 Å². The summed E-state index contributed by atoms with van der Waals surface area (Å²) in [6.45, 7) is 3.82. The second-order valence-electron chi connectivity index (χ2n) is 9.25. The molecule has 3 heterocycles. The van der Waals surface area contributed by atoms with Crippen molar-refractivity contribution in [2.24, 2.45) is 5.92 Å². The van der Waals surface area contributed by atoms with E-state index in [1.165, 1.54) is 0 Å². The molecule has 0 bridgehead atoms. The van der Waals surface area contributed by atoms with E-state index in [1.807, 2.05) is 35.0 Å². The Bertz CT molecular complexity index is 1410. The van der Waals surface area contributed by atoms with Crippen LogP contribution in [0, 0.1) is 5.92 Å². The van der Waals surface area contributed by atoms with Gasteiger partial charge >= 0.3 is 0 Å². The topological polar surface area (TPSA) is 107 Å². The lowest BCUT2D eigenvalue weighted by Gasteiger charge is -2.38. The Balaban J connectivity index is 1.40. The Kier molecular flexibility index (Phi) is 5.88. The molecule has 2 amide bonds. The van der Waals surface area contributed by atoms with Crippen LogP contribution < -0.4 is 10.1 Å². The van der Waals surface area contributed by atoms with Gasteiger partial charge in [0.05, 0.1) is 30.4 Å². The van der Waals surface area contributed by atoms with E-state index in [1.54, 1.807) is 43.1 Å². The molecule has 1 N–H and O–H groups in total. The quantitative estimate of drug-likeness (QED) is 0.473. The van der Waals surface area contributed by atoms with Gasteiger partial charge in [0.2, 0.25) is 5.91 Å². The fourth-order valence-electron chi connectivity index (χ4n) is 5.04. The van der Waals surface area contributed by atoms with E-state index in [0.717, 1.165) is 30.2 Å². The van der Waals surface area contributed by atoms with Gasteiger partial charge in [-0.3, -0.25) is 14.3 Å². The monoisotopic (exact) mass is 475 g/mol. The van der Waals surface area contributed by atoms with Gasteiger partial charge in [-0.05, 0) is 43.4 Å². The first kappa shape index (κ1) is 22.8. The third kappa shape index (κ3) is 4.20. The van der Waals surface area contributed by atoms with Crippen molar-refractivity contribution in [3.63, 3.8) is 0 Å². The van der Waals surface area contributed by atoms with E-state index < -0.39 is 0 Å². The van der Waals surface area contributed by atoms with Gasteiger partial charge in [-0.2, -0.15) is 14.7 Å². The number of hydrogen-bond donors (Lipinski definition) is 1. The molecule has 0 saturated heterocycles. The number of ether oxygens (including phenoxy) is 1. The van der Waals surface area contributed by atoms with Gasteiger partial charge in [-0.25, -0.2) is 4.98 Å². The summed E-state index contributed by atoms with van der Waals surface area (Å²) in [5.74, 6) is 1.07. The fraction of sp³-hybridized carbons (Fsp3) is 0.400. The van der Waals surface area contributed by atoms with Crippen LogP contribution in [0.4, 0.5) is 5.82 Å². The van der Waals surface area contributed by atoms with Crippen molar-refractivity contribution in [2.45, 2.75) is 45.2 Å². The summed E-state index contributed by atoms with van der Waals surface area (Å²) in [7, 11) is 3.42. The summed E-state index contributed by atoms with van der Waals surface area (Å²) < 4.78 is 9.11. The highest BCUT2D eigenvalue weighted by Gasteiger charge is 2.32. The predicted octanol–water partition coefficient (Wildman–Crippen LogP) is 3.55. The number of fused-ring (bicyclic) bond motifs is 2. The lowest BCUT2D eigenvalue weighted by molar-refractivity contribution is -0.130. The highest BCUT2D eigenvalue weighted by molar-refractivity contribution is 6.08. The zero-order valence-corrected chi connectivity index (χ0v) is 20.3. The van der Waals surface area contributed by atoms with Crippen molar-refractivity contribution in [1.82, 2.24) is 29.3 Å². The molecule has 0 aliphatic heterocycles. The fourth-order valence-corrected chi connectivity index (χ4v) is 5.04. The zero-order valence-electron chi connectivity index (χ0n) is 20.3. The molecule has 0 radical (unpaired) electrons. The number of hydrogen-bond acceptors (Lipinski definition) is 6. The standard InChI is InChI=1S/C25H29N7O3/c1-15-10-18(30(3)16(2)33)7-8-21(15)31-14-17-11-19(22(35-4)12-20(17)29-31)25(34)28-24-13-26-23-6-5-9-27-32(23)24/h5-6,9,11-15,18,21H,7-8,10H2,1-4H3,(H,28,34)/t15-,18?,21-/m0/s1. The van der Waals surface area contributed by atoms with E-state index in [4.69, 9.17) is 9.84 Å². The number of methoxy groups -OCH3 is 1. The molecule has 10 nitrogen and oxygen atoms in total. The Morgan fingerprint density at radius 2 is 2.09 bits per heavy atom. The van der Waals surface area contributed by atoms with E-state index in [2.05, 4.69) is 22.3 Å². The number of amides is 2. The maximum atomic E-state index is 13.2. The van der Waals surface area contributed by atoms with Gasteiger partial charge < -0.3 is 15.0 Å². The van der Waals surface area contributed by atoms with Crippen molar-refractivity contribution in [3.05, 3.63) is 48.4 Å². The first-order chi connectivity index (χ1) is 16.9. The Hall–Kier alpha value is -3.95. The number of benzene rings is 1. The average molecular weight is 476 g/mol. The summed E-state index contributed by atoms with van der Waals surface area (Å²) in [5.41, 5.74) is 1.82. The maximum Gasteiger partial charge on any atom is 0.260 e. The smallest absolute Gasteiger partial charge is 0.260 e. The molecule has 182 valence electrons. The molecule has 1 aliphatic rings. The number of anilines is 1. The normalized spacial score (nSPS) is 20.2. The third-order valence-electron chi connectivity index (χ3n) is 7.09. The zero-order chi connectivity index (χ0) is 24.7. The van der Waals surface area contributed by atoms with E-state index in [9.17, 15) is 9.59 Å². The lowest BCUT2D eigenvalue weighted by atomic mass is 9.82. The summed E-state index contributed by atoms with van der Waals surface area (Å²) in [5, 5.41) is 12.8. The number of nitrogens with zero attached hydrogens (tertiary/aromatic N) is 6. The van der Waals surface area contributed by atoms with E-state index in [0.29, 0.717) is 28.7 Å². The van der Waals surface area contributed by atoms with Crippen LogP contribution >= 0.6 is 0 Å². The van der Waals surface area contributed by atoms with Crippen LogP contribution in [-0.2, 0) is 4.79 Å². The van der Waals surface area contributed by atoms with E-state index in [-0.39, 0.29) is 23.9 Å². The van der Waals surface area contributed by atoms with Gasteiger partial charge in [-0.1, -0.05) is 6.92 Å². The molecule has 1 saturated carbocycles. The molecular formula is C25H29N7O3. The molecule has 1 aliphatic carbocycles. The predicted molar refractivity (Wildman–Crippen MR) is 132 cm³/mol. The molecule has 1 aromatic carbocycles. The molecule has 35 heavy (non-hydrogen) atoms. The first-order valence-electron chi connectivity index (χ1n) is 11.8. The number of rotatable bonds is 5. The lowest BCUT2D eigenvalue weighted by Crippen LogP contribution is -2.41. The Morgan fingerprint density at radius 1 is 1.26 bits per heavy atom. The SMILES string of the molecule is COc1cc2nn([C@H]3CCC(N(C)C(C)=O)C[C@@H]3C)cc2cc1C(=O)Nc1cnc2cccnn12. The van der Waals surface area contributed by atoms with E-state index >= 15 is 0 Å². The molecule has 0 spiro atoms. The maximum absolute atomic E-state index is 13.2. The van der Waals surface area contributed by atoms with Crippen LogP contribution in [0.5, 0.6) is 5.75 Å². The van der Waals surface area contributed by atoms with Gasteiger partial charge in [0, 0.05) is 43.9 Å². The largest absolute Gasteiger partial charge is 0.496 e. The van der Waals surface area contributed by atoms with Crippen LogP contribution in [0.3, 0.4) is 0 Å². The van der Waals surface area contributed by atoms with Crippen molar-refractivity contribution in [3.8, 4) is 5.75 Å². The molecule has 1 fully saturated rings. The Morgan fingerprint density at radius 3 is 2.83 bits per heavy atom. The third-order valence-corrected chi connectivity index (χ3v) is 7.09. The van der Waals surface area contributed by atoms with Gasteiger partial charge in [0.25, 0.3) is 5.91 Å². The highest BCUT2D eigenvalue weighted by atomic mass is 16.5. The summed E-state index contributed by atoms with van der Waals surface area (Å²) >= 11 is 0. The van der Waals surface area contributed by atoms with Crippen molar-refractivity contribution in [1.29, 1.82) is 0 Å². The molecule has 10 heteroatoms. The molecule has 5 rings (SSSR count). The second kappa shape index (κ2) is 9.01. The molecule has 3 aromatic heterocycles. The Labute approximate surface area is 202 Å². The minimum absolute atomic E-state index is 0.100. The molecule has 1 unspecified atom stereocenters. The number of imidazole rings is 1. The number of carbonyl (C=O) groups is 2. The van der Waals surface area contributed by atoms with Crippen LogP contribution in [0.2, 0.25) is 0 Å². The number of aromatic nitrogens is 5. The van der Waals surface area contributed by atoms with Crippen LogP contribution in [0.1, 0.15) is 49.5 Å². The van der Waals surface area contributed by atoms with Crippen molar-refractivity contribution >= 4 is 34.2 Å².